The molecule has 0 aromatic carbocycles. The van der Waals surface area contributed by atoms with E-state index in [9.17, 15) is 9.59 Å². The van der Waals surface area contributed by atoms with Gasteiger partial charge in [0.15, 0.2) is 0 Å². The zero-order valence-electron chi connectivity index (χ0n) is 15.2. The highest BCUT2D eigenvalue weighted by atomic mass is 16.6. The zero-order valence-corrected chi connectivity index (χ0v) is 15.2. The lowest BCUT2D eigenvalue weighted by molar-refractivity contribution is 0.0940. The maximum atomic E-state index is 12.2. The fourth-order valence-corrected chi connectivity index (χ4v) is 2.83. The number of rotatable bonds is 6. The van der Waals surface area contributed by atoms with E-state index in [0.29, 0.717) is 37.9 Å². The maximum absolute atomic E-state index is 12.2. The van der Waals surface area contributed by atoms with Crippen molar-refractivity contribution in [1.29, 1.82) is 0 Å². The van der Waals surface area contributed by atoms with Crippen molar-refractivity contribution in [2.24, 2.45) is 0 Å². The third-order valence-electron chi connectivity index (χ3n) is 4.25. The number of amides is 2. The number of carbonyl (C=O) groups excluding carboxylic acids is 2. The average Bonchev–Trinajstić information content (AvgIpc) is 3.21. The highest BCUT2D eigenvalue weighted by Crippen LogP contribution is 2.15. The number of likely N-dealkylation sites (tertiary alicyclic amines) is 1. The van der Waals surface area contributed by atoms with Gasteiger partial charge < -0.3 is 24.7 Å². The van der Waals surface area contributed by atoms with Gasteiger partial charge in [0, 0.05) is 25.3 Å². The molecule has 9 nitrogen and oxygen atoms in total. The minimum Gasteiger partial charge on any atom is -0.467 e. The van der Waals surface area contributed by atoms with Crippen molar-refractivity contribution in [1.82, 2.24) is 20.2 Å². The van der Waals surface area contributed by atoms with Crippen molar-refractivity contribution >= 4 is 17.9 Å². The van der Waals surface area contributed by atoms with E-state index < -0.39 is 0 Å². The van der Waals surface area contributed by atoms with Crippen LogP contribution in [0.15, 0.2) is 35.1 Å². The molecule has 144 valence electrons. The van der Waals surface area contributed by atoms with Crippen LogP contribution in [0, 0.1) is 0 Å². The van der Waals surface area contributed by atoms with Crippen LogP contribution in [-0.4, -0.2) is 52.6 Å². The Morgan fingerprint density at radius 2 is 2.15 bits per heavy atom. The predicted octanol–water partition coefficient (Wildman–Crippen LogP) is 2.03. The van der Waals surface area contributed by atoms with E-state index in [2.05, 4.69) is 20.6 Å². The first-order valence-electron chi connectivity index (χ1n) is 8.97. The first-order chi connectivity index (χ1) is 13.2. The second kappa shape index (κ2) is 9.02. The van der Waals surface area contributed by atoms with E-state index in [1.54, 1.807) is 42.5 Å². The van der Waals surface area contributed by atoms with Crippen LogP contribution >= 0.6 is 0 Å². The largest absolute Gasteiger partial charge is 0.467 e. The van der Waals surface area contributed by atoms with Gasteiger partial charge in [-0.2, -0.15) is 0 Å². The fourth-order valence-electron chi connectivity index (χ4n) is 2.83. The van der Waals surface area contributed by atoms with Crippen molar-refractivity contribution in [3.05, 3.63) is 42.1 Å². The Bertz CT molecular complexity index is 757. The van der Waals surface area contributed by atoms with Gasteiger partial charge in [0.2, 0.25) is 5.95 Å². The van der Waals surface area contributed by atoms with Crippen LogP contribution < -0.4 is 10.6 Å². The number of nitrogens with one attached hydrogen (secondary N) is 2. The van der Waals surface area contributed by atoms with Crippen LogP contribution in [0.1, 0.15) is 36.0 Å². The second-order valence-electron chi connectivity index (χ2n) is 6.13. The van der Waals surface area contributed by atoms with Gasteiger partial charge in [-0.25, -0.2) is 14.8 Å². The Balaban J connectivity index is 1.50. The summed E-state index contributed by atoms with van der Waals surface area (Å²) in [6.07, 6.45) is 4.35. The number of ether oxygens (including phenoxy) is 1. The first-order valence-corrected chi connectivity index (χ1v) is 8.97. The Morgan fingerprint density at radius 3 is 2.85 bits per heavy atom. The summed E-state index contributed by atoms with van der Waals surface area (Å²) in [6, 6.07) is 5.25. The van der Waals surface area contributed by atoms with E-state index >= 15 is 0 Å². The first kappa shape index (κ1) is 18.7. The summed E-state index contributed by atoms with van der Waals surface area (Å²) in [7, 11) is 0. The summed E-state index contributed by atoms with van der Waals surface area (Å²) in [6.45, 7) is 3.69. The molecular weight excluding hydrogens is 350 g/mol. The Kier molecular flexibility index (Phi) is 6.24. The standard InChI is InChI=1S/C18H23N5O4/c1-2-26-18(25)23-9-6-13(7-10-23)21-17-19-8-5-15(22-17)16(24)20-12-14-4-3-11-27-14/h3-5,8,11,13H,2,6-7,9-10,12H2,1H3,(H,20,24)(H,19,21,22). The fraction of sp³-hybridized carbons (Fsp3) is 0.444. The summed E-state index contributed by atoms with van der Waals surface area (Å²) in [4.78, 5) is 34.1. The molecule has 0 bridgehead atoms. The van der Waals surface area contributed by atoms with Crippen molar-refractivity contribution in [2.75, 3.05) is 25.0 Å². The number of piperidine rings is 1. The van der Waals surface area contributed by atoms with Crippen molar-refractivity contribution in [3.63, 3.8) is 0 Å². The van der Waals surface area contributed by atoms with E-state index in [0.717, 1.165) is 12.8 Å². The molecule has 0 radical (unpaired) electrons. The Labute approximate surface area is 157 Å². The summed E-state index contributed by atoms with van der Waals surface area (Å²) in [5.41, 5.74) is 0.281. The highest BCUT2D eigenvalue weighted by molar-refractivity contribution is 5.92. The number of aromatic nitrogens is 2. The maximum Gasteiger partial charge on any atom is 0.409 e. The van der Waals surface area contributed by atoms with E-state index in [4.69, 9.17) is 9.15 Å². The third kappa shape index (κ3) is 5.19. The summed E-state index contributed by atoms with van der Waals surface area (Å²) < 4.78 is 10.2. The van der Waals surface area contributed by atoms with Crippen molar-refractivity contribution in [2.45, 2.75) is 32.4 Å². The van der Waals surface area contributed by atoms with Crippen LogP contribution in [0.3, 0.4) is 0 Å². The molecule has 0 saturated carbocycles. The van der Waals surface area contributed by atoms with Crippen LogP contribution in [-0.2, 0) is 11.3 Å². The number of nitrogens with zero attached hydrogens (tertiary/aromatic N) is 3. The smallest absolute Gasteiger partial charge is 0.409 e. The molecular formula is C18H23N5O4. The van der Waals surface area contributed by atoms with Crippen LogP contribution in [0.5, 0.6) is 0 Å². The van der Waals surface area contributed by atoms with Gasteiger partial charge in [-0.05, 0) is 38.0 Å². The van der Waals surface area contributed by atoms with Gasteiger partial charge in [-0.1, -0.05) is 0 Å². The third-order valence-corrected chi connectivity index (χ3v) is 4.25. The van der Waals surface area contributed by atoms with E-state index in [-0.39, 0.29) is 23.7 Å². The molecule has 2 amide bonds. The number of anilines is 1. The molecule has 1 fully saturated rings. The second-order valence-corrected chi connectivity index (χ2v) is 6.13. The monoisotopic (exact) mass is 373 g/mol. The van der Waals surface area contributed by atoms with E-state index in [1.165, 1.54) is 0 Å². The summed E-state index contributed by atoms with van der Waals surface area (Å²) >= 11 is 0. The predicted molar refractivity (Wildman–Crippen MR) is 97.1 cm³/mol. The van der Waals surface area contributed by atoms with Crippen LogP contribution in [0.25, 0.3) is 0 Å². The molecule has 1 aliphatic rings. The van der Waals surface area contributed by atoms with Gasteiger partial charge in [0.1, 0.15) is 11.5 Å². The number of carbonyl (C=O) groups is 2. The van der Waals surface area contributed by atoms with Gasteiger partial charge in [-0.15, -0.1) is 0 Å². The molecule has 9 heteroatoms. The normalized spacial score (nSPS) is 14.6. The summed E-state index contributed by atoms with van der Waals surface area (Å²) in [5, 5.41) is 5.99. The topological polar surface area (TPSA) is 110 Å². The minimum atomic E-state index is -0.297. The molecule has 2 N–H and O–H groups in total. The number of hydrogen-bond acceptors (Lipinski definition) is 7. The van der Waals surface area contributed by atoms with E-state index in [1.807, 2.05) is 0 Å². The van der Waals surface area contributed by atoms with Gasteiger partial charge in [-0.3, -0.25) is 4.79 Å². The lowest BCUT2D eigenvalue weighted by atomic mass is 10.1. The molecule has 1 saturated heterocycles. The SMILES string of the molecule is CCOC(=O)N1CCC(Nc2nccc(C(=O)NCc3ccco3)n2)CC1. The minimum absolute atomic E-state index is 0.136. The van der Waals surface area contributed by atoms with Crippen molar-refractivity contribution in [3.8, 4) is 0 Å². The average molecular weight is 373 g/mol. The van der Waals surface area contributed by atoms with Gasteiger partial charge >= 0.3 is 6.09 Å². The Hall–Kier alpha value is -3.10. The van der Waals surface area contributed by atoms with Crippen LogP contribution in [0.2, 0.25) is 0 Å². The Morgan fingerprint density at radius 1 is 1.33 bits per heavy atom. The molecule has 0 aliphatic carbocycles. The van der Waals surface area contributed by atoms with Gasteiger partial charge in [0.05, 0.1) is 19.4 Å². The highest BCUT2D eigenvalue weighted by Gasteiger charge is 2.24. The molecule has 2 aromatic rings. The molecule has 0 spiro atoms. The van der Waals surface area contributed by atoms with Crippen LogP contribution in [0.4, 0.5) is 10.7 Å². The molecule has 1 aliphatic heterocycles. The van der Waals surface area contributed by atoms with Gasteiger partial charge in [0.25, 0.3) is 5.91 Å². The molecule has 0 atom stereocenters. The molecule has 3 rings (SSSR count). The summed E-state index contributed by atoms with van der Waals surface area (Å²) in [5.74, 6) is 0.772. The van der Waals surface area contributed by atoms with Crippen molar-refractivity contribution < 1.29 is 18.7 Å². The zero-order chi connectivity index (χ0) is 19.1. The lowest BCUT2D eigenvalue weighted by Gasteiger charge is -2.31. The lowest BCUT2D eigenvalue weighted by Crippen LogP contribution is -2.42. The number of hydrogen-bond donors (Lipinski definition) is 2. The number of furan rings is 1. The molecule has 0 unspecified atom stereocenters. The quantitative estimate of drug-likeness (QED) is 0.797. The molecule has 3 heterocycles. The molecule has 2 aromatic heterocycles. The molecule has 27 heavy (non-hydrogen) atoms.